The third kappa shape index (κ3) is 4.55. The first-order chi connectivity index (χ1) is 15.1. The minimum Gasteiger partial charge on any atom is -0.507 e. The summed E-state index contributed by atoms with van der Waals surface area (Å²) >= 11 is 0. The van der Waals surface area contributed by atoms with Crippen LogP contribution in [0.25, 0.3) is 5.76 Å². The van der Waals surface area contributed by atoms with E-state index in [1.807, 2.05) is 56.3 Å². The molecule has 0 spiro atoms. The van der Waals surface area contributed by atoms with Gasteiger partial charge in [0.15, 0.2) is 0 Å². The summed E-state index contributed by atoms with van der Waals surface area (Å²) in [4.78, 5) is 29.7. The van der Waals surface area contributed by atoms with Crippen molar-refractivity contribution in [1.29, 1.82) is 0 Å². The molecule has 1 unspecified atom stereocenters. The molecule has 6 heteroatoms. The van der Waals surface area contributed by atoms with Crippen molar-refractivity contribution in [2.24, 2.45) is 0 Å². The van der Waals surface area contributed by atoms with Crippen molar-refractivity contribution in [3.8, 4) is 5.75 Å². The van der Waals surface area contributed by atoms with Crippen LogP contribution >= 0.6 is 0 Å². The van der Waals surface area contributed by atoms with Crippen LogP contribution in [0.5, 0.6) is 5.75 Å². The highest BCUT2D eigenvalue weighted by Gasteiger charge is 2.46. The highest BCUT2D eigenvalue weighted by Crippen LogP contribution is 2.41. The molecule has 6 nitrogen and oxygen atoms in total. The molecule has 1 amide bonds. The number of benzene rings is 2. The lowest BCUT2D eigenvalue weighted by atomic mass is 9.92. The quantitative estimate of drug-likeness (QED) is 0.402. The molecule has 1 heterocycles. The third-order valence-electron chi connectivity index (χ3n) is 5.86. The van der Waals surface area contributed by atoms with Crippen molar-refractivity contribution in [2.75, 3.05) is 34.3 Å². The smallest absolute Gasteiger partial charge is 0.295 e. The van der Waals surface area contributed by atoms with Gasteiger partial charge in [-0.15, -0.1) is 0 Å². The fourth-order valence-corrected chi connectivity index (χ4v) is 3.98. The number of carbonyl (C=O) groups excluding carboxylic acids is 2. The number of amides is 1. The first-order valence-electron chi connectivity index (χ1n) is 10.8. The average molecular weight is 437 g/mol. The summed E-state index contributed by atoms with van der Waals surface area (Å²) in [6.45, 7) is 7.09. The Morgan fingerprint density at radius 1 is 1.12 bits per heavy atom. The molecular formula is C26H32N2O4. The molecule has 0 saturated carbocycles. The molecule has 1 atom stereocenters. The first kappa shape index (κ1) is 23.5. The zero-order valence-corrected chi connectivity index (χ0v) is 19.7. The summed E-state index contributed by atoms with van der Waals surface area (Å²) in [5, 5.41) is 11.3. The van der Waals surface area contributed by atoms with Crippen LogP contribution < -0.4 is 4.74 Å². The van der Waals surface area contributed by atoms with Gasteiger partial charge in [0.05, 0.1) is 24.3 Å². The van der Waals surface area contributed by atoms with Crippen molar-refractivity contribution < 1.29 is 19.4 Å². The van der Waals surface area contributed by atoms with E-state index >= 15 is 0 Å². The van der Waals surface area contributed by atoms with Crippen LogP contribution in [0.15, 0.2) is 48.0 Å². The van der Waals surface area contributed by atoms with E-state index in [1.165, 1.54) is 12.7 Å². The van der Waals surface area contributed by atoms with E-state index in [0.717, 1.165) is 11.1 Å². The first-order valence-corrected chi connectivity index (χ1v) is 10.8. The van der Waals surface area contributed by atoms with E-state index < -0.39 is 17.7 Å². The number of aryl methyl sites for hydroxylation is 1. The molecule has 0 bridgehead atoms. The van der Waals surface area contributed by atoms with Gasteiger partial charge in [-0.25, -0.2) is 0 Å². The molecule has 0 radical (unpaired) electrons. The lowest BCUT2D eigenvalue weighted by Crippen LogP contribution is -2.35. The van der Waals surface area contributed by atoms with Crippen molar-refractivity contribution in [3.05, 3.63) is 70.3 Å². The lowest BCUT2D eigenvalue weighted by molar-refractivity contribution is -0.140. The summed E-state index contributed by atoms with van der Waals surface area (Å²) in [6, 6.07) is 12.6. The van der Waals surface area contributed by atoms with Crippen LogP contribution in [-0.4, -0.2) is 60.9 Å². The number of ether oxygens (including phenoxy) is 1. The van der Waals surface area contributed by atoms with Gasteiger partial charge in [-0.2, -0.15) is 0 Å². The molecule has 1 fully saturated rings. The molecular weight excluding hydrogens is 404 g/mol. The lowest BCUT2D eigenvalue weighted by Gasteiger charge is -2.27. The van der Waals surface area contributed by atoms with Gasteiger partial charge in [0.25, 0.3) is 11.7 Å². The van der Waals surface area contributed by atoms with Gasteiger partial charge in [-0.05, 0) is 50.2 Å². The van der Waals surface area contributed by atoms with Gasteiger partial charge >= 0.3 is 0 Å². The predicted octanol–water partition coefficient (Wildman–Crippen LogP) is 4.11. The Balaban J connectivity index is 2.19. The number of aliphatic hydroxyl groups excluding tert-OH is 1. The van der Waals surface area contributed by atoms with Gasteiger partial charge in [0, 0.05) is 13.1 Å². The minimum atomic E-state index is -0.678. The van der Waals surface area contributed by atoms with E-state index in [-0.39, 0.29) is 11.3 Å². The molecule has 2 aromatic rings. The number of hydrogen-bond donors (Lipinski definition) is 1. The molecule has 1 saturated heterocycles. The van der Waals surface area contributed by atoms with Gasteiger partial charge < -0.3 is 19.6 Å². The minimum absolute atomic E-state index is 0.0925. The Morgan fingerprint density at radius 3 is 2.34 bits per heavy atom. The Morgan fingerprint density at radius 2 is 1.78 bits per heavy atom. The highest BCUT2D eigenvalue weighted by atomic mass is 16.5. The largest absolute Gasteiger partial charge is 0.507 e. The second-order valence-corrected chi connectivity index (χ2v) is 8.82. The van der Waals surface area contributed by atoms with Crippen LogP contribution in [0.3, 0.4) is 0 Å². The number of hydrogen-bond acceptors (Lipinski definition) is 5. The summed E-state index contributed by atoms with van der Waals surface area (Å²) in [5.74, 6) is -0.683. The summed E-state index contributed by atoms with van der Waals surface area (Å²) in [7, 11) is 5.35. The van der Waals surface area contributed by atoms with Crippen molar-refractivity contribution >= 4 is 17.4 Å². The number of carbonyl (C=O) groups is 2. The van der Waals surface area contributed by atoms with Gasteiger partial charge in [0.2, 0.25) is 0 Å². The summed E-state index contributed by atoms with van der Waals surface area (Å²) < 4.78 is 5.42. The summed E-state index contributed by atoms with van der Waals surface area (Å²) in [6.07, 6.45) is 0. The molecule has 1 N–H and O–H groups in total. The fourth-order valence-electron chi connectivity index (χ4n) is 3.98. The Hall–Kier alpha value is -3.12. The number of ketones is 1. The van der Waals surface area contributed by atoms with Crippen LogP contribution in [0.2, 0.25) is 0 Å². The molecule has 1 aliphatic rings. The number of methoxy groups -OCH3 is 1. The van der Waals surface area contributed by atoms with E-state index in [9.17, 15) is 14.7 Å². The Kier molecular flexibility index (Phi) is 7.04. The molecule has 2 aromatic carbocycles. The number of likely N-dealkylation sites (N-methyl/N-ethyl adjacent to an activating group) is 1. The number of Topliss-reactive ketones (excluding diaryl/α,β-unsaturated/α-hetero) is 1. The van der Waals surface area contributed by atoms with Gasteiger partial charge in [-0.1, -0.05) is 49.7 Å². The molecule has 32 heavy (non-hydrogen) atoms. The standard InChI is InChI=1S/C26H32N2O4/c1-16(2)18-8-10-19(11-9-18)23-22(25(30)26(31)28(23)14-13-27(4)5)24(29)20-15-17(3)7-12-21(20)32-6/h7-12,15-16,23,29H,13-14H2,1-6H3/b24-22+. The second kappa shape index (κ2) is 9.57. The fraction of sp³-hybridized carbons (Fsp3) is 0.385. The van der Waals surface area contributed by atoms with Crippen LogP contribution in [0, 0.1) is 6.92 Å². The average Bonchev–Trinajstić information content (AvgIpc) is 3.01. The van der Waals surface area contributed by atoms with Crippen LogP contribution in [-0.2, 0) is 9.59 Å². The maximum Gasteiger partial charge on any atom is 0.295 e. The second-order valence-electron chi connectivity index (χ2n) is 8.82. The zero-order chi connectivity index (χ0) is 23.6. The van der Waals surface area contributed by atoms with Crippen molar-refractivity contribution in [3.63, 3.8) is 0 Å². The Bertz CT molecular complexity index is 1040. The molecule has 3 rings (SSSR count). The molecule has 1 aliphatic heterocycles. The molecule has 0 aromatic heterocycles. The normalized spacial score (nSPS) is 18.1. The maximum absolute atomic E-state index is 13.2. The summed E-state index contributed by atoms with van der Waals surface area (Å²) in [5.41, 5.74) is 3.36. The number of aliphatic hydroxyl groups is 1. The van der Waals surface area contributed by atoms with E-state index in [2.05, 4.69) is 13.8 Å². The number of nitrogens with zero attached hydrogens (tertiary/aromatic N) is 2. The molecule has 170 valence electrons. The van der Waals surface area contributed by atoms with Crippen molar-refractivity contribution in [1.82, 2.24) is 9.80 Å². The topological polar surface area (TPSA) is 70.1 Å². The molecule has 0 aliphatic carbocycles. The van der Waals surface area contributed by atoms with E-state index in [1.54, 1.807) is 17.0 Å². The van der Waals surface area contributed by atoms with Gasteiger partial charge in [-0.3, -0.25) is 9.59 Å². The van der Waals surface area contributed by atoms with Crippen LogP contribution in [0.1, 0.15) is 48.1 Å². The SMILES string of the molecule is COc1ccc(C)cc1/C(O)=C1\C(=O)C(=O)N(CCN(C)C)C1c1ccc(C(C)C)cc1. The third-order valence-corrected chi connectivity index (χ3v) is 5.86. The highest BCUT2D eigenvalue weighted by molar-refractivity contribution is 6.46. The number of likely N-dealkylation sites (tertiary alicyclic amines) is 1. The predicted molar refractivity (Wildman–Crippen MR) is 126 cm³/mol. The van der Waals surface area contributed by atoms with Crippen LogP contribution in [0.4, 0.5) is 0 Å². The monoisotopic (exact) mass is 436 g/mol. The number of rotatable bonds is 7. The zero-order valence-electron chi connectivity index (χ0n) is 19.7. The van der Waals surface area contributed by atoms with Crippen molar-refractivity contribution in [2.45, 2.75) is 32.7 Å². The van der Waals surface area contributed by atoms with E-state index in [0.29, 0.717) is 30.3 Å². The maximum atomic E-state index is 13.2. The Labute approximate surface area is 190 Å². The van der Waals surface area contributed by atoms with Gasteiger partial charge in [0.1, 0.15) is 11.5 Å². The van der Waals surface area contributed by atoms with E-state index in [4.69, 9.17) is 4.74 Å².